The minimum absolute atomic E-state index is 0.00129. The van der Waals surface area contributed by atoms with Gasteiger partial charge in [0.15, 0.2) is 5.43 Å². The van der Waals surface area contributed by atoms with Crippen LogP contribution in [-0.2, 0) is 13.2 Å². The van der Waals surface area contributed by atoms with Crippen LogP contribution in [0.4, 0.5) is 0 Å². The second kappa shape index (κ2) is 10.9. The number of benzene rings is 5. The summed E-state index contributed by atoms with van der Waals surface area (Å²) in [6, 6.07) is 28.9. The van der Waals surface area contributed by atoms with Crippen LogP contribution in [0.1, 0.15) is 36.3 Å². The number of fused-ring (bicyclic) bond motifs is 4. The maximum atomic E-state index is 13.2. The van der Waals surface area contributed by atoms with Crippen LogP contribution in [-0.4, -0.2) is 5.11 Å². The Morgan fingerprint density at radius 2 is 1.44 bits per heavy atom. The molecule has 5 nitrogen and oxygen atoms in total. The van der Waals surface area contributed by atoms with Gasteiger partial charge in [0.2, 0.25) is 0 Å². The fourth-order valence-corrected chi connectivity index (χ4v) is 5.19. The molecule has 1 aromatic heterocycles. The monoisotopic (exact) mass is 542 g/mol. The smallest absolute Gasteiger partial charge is 0.193 e. The SMILES string of the molecule is C/C=C(\C)c1cc(=O)c2c(C)cc3cc4cc(OCc5ccccc5)cc(OCc5ccccc5)c4c(O)c3c2o1. The molecule has 0 aliphatic rings. The molecule has 6 aromatic rings. The molecule has 5 heteroatoms. The molecule has 0 aliphatic carbocycles. The highest BCUT2D eigenvalue weighted by molar-refractivity contribution is 6.17. The van der Waals surface area contributed by atoms with Crippen LogP contribution in [0.2, 0.25) is 0 Å². The molecule has 0 unspecified atom stereocenters. The van der Waals surface area contributed by atoms with Gasteiger partial charge in [0.05, 0.1) is 16.2 Å². The molecule has 6 rings (SSSR count). The lowest BCUT2D eigenvalue weighted by Gasteiger charge is -2.17. The van der Waals surface area contributed by atoms with Crippen molar-refractivity contribution in [1.82, 2.24) is 0 Å². The minimum Gasteiger partial charge on any atom is -0.506 e. The zero-order chi connectivity index (χ0) is 28.5. The van der Waals surface area contributed by atoms with Crippen LogP contribution in [0.25, 0.3) is 38.1 Å². The molecule has 204 valence electrons. The van der Waals surface area contributed by atoms with E-state index in [-0.39, 0.29) is 11.2 Å². The Hall–Kier alpha value is -5.03. The predicted octanol–water partition coefficient (Wildman–Crippen LogP) is 8.69. The van der Waals surface area contributed by atoms with Gasteiger partial charge in [0.1, 0.15) is 41.8 Å². The highest BCUT2D eigenvalue weighted by Gasteiger charge is 2.20. The van der Waals surface area contributed by atoms with Crippen molar-refractivity contribution in [2.75, 3.05) is 0 Å². The van der Waals surface area contributed by atoms with E-state index >= 15 is 0 Å². The molecular weight excluding hydrogens is 512 g/mol. The standard InChI is InChI=1S/C36H30O5/c1-4-22(2)30-19-29(37)32-23(3)15-26-16-27-17-28(39-20-24-11-7-5-8-12-24)18-31(40-21-25-13-9-6-10-14-25)33(27)35(38)34(26)36(32)41-30/h4-19,38H,20-21H2,1-3H3/b22-4+. The molecule has 1 heterocycles. The first kappa shape index (κ1) is 26.2. The fraction of sp³-hybridized carbons (Fsp3) is 0.139. The van der Waals surface area contributed by atoms with Crippen molar-refractivity contribution in [1.29, 1.82) is 0 Å². The lowest BCUT2D eigenvalue weighted by molar-refractivity contribution is 0.292. The molecule has 0 saturated heterocycles. The van der Waals surface area contributed by atoms with E-state index in [9.17, 15) is 9.90 Å². The van der Waals surface area contributed by atoms with Gasteiger partial charge in [-0.1, -0.05) is 72.8 Å². The molecule has 0 spiro atoms. The van der Waals surface area contributed by atoms with Gasteiger partial charge < -0.3 is 19.0 Å². The van der Waals surface area contributed by atoms with Gasteiger partial charge >= 0.3 is 0 Å². The van der Waals surface area contributed by atoms with E-state index in [1.165, 1.54) is 6.07 Å². The molecule has 5 aromatic carbocycles. The van der Waals surface area contributed by atoms with Gasteiger partial charge in [-0.15, -0.1) is 0 Å². The minimum atomic E-state index is -0.147. The van der Waals surface area contributed by atoms with E-state index in [1.807, 2.05) is 112 Å². The van der Waals surface area contributed by atoms with Crippen molar-refractivity contribution in [3.8, 4) is 17.2 Å². The molecule has 0 saturated carbocycles. The lowest BCUT2D eigenvalue weighted by atomic mass is 9.96. The van der Waals surface area contributed by atoms with Crippen LogP contribution in [0.15, 0.2) is 106 Å². The Morgan fingerprint density at radius 1 is 0.805 bits per heavy atom. The van der Waals surface area contributed by atoms with Crippen molar-refractivity contribution < 1.29 is 19.0 Å². The summed E-state index contributed by atoms with van der Waals surface area (Å²) in [6.07, 6.45) is 1.89. The number of allylic oxidation sites excluding steroid dienone is 2. The van der Waals surface area contributed by atoms with E-state index in [4.69, 9.17) is 13.9 Å². The van der Waals surface area contributed by atoms with Crippen molar-refractivity contribution in [2.45, 2.75) is 34.0 Å². The van der Waals surface area contributed by atoms with Crippen molar-refractivity contribution >= 4 is 38.1 Å². The number of aromatic hydroxyl groups is 1. The zero-order valence-corrected chi connectivity index (χ0v) is 23.2. The van der Waals surface area contributed by atoms with Crippen LogP contribution in [0, 0.1) is 6.92 Å². The first-order chi connectivity index (χ1) is 19.9. The molecule has 41 heavy (non-hydrogen) atoms. The predicted molar refractivity (Wildman–Crippen MR) is 165 cm³/mol. The summed E-state index contributed by atoms with van der Waals surface area (Å²) >= 11 is 0. The summed E-state index contributed by atoms with van der Waals surface area (Å²) in [4.78, 5) is 13.2. The van der Waals surface area contributed by atoms with Gasteiger partial charge in [-0.25, -0.2) is 0 Å². The summed E-state index contributed by atoms with van der Waals surface area (Å²) in [5.41, 5.74) is 3.88. The zero-order valence-electron chi connectivity index (χ0n) is 23.2. The maximum absolute atomic E-state index is 13.2. The third-order valence-corrected chi connectivity index (χ3v) is 7.43. The van der Waals surface area contributed by atoms with Gasteiger partial charge in [-0.05, 0) is 65.9 Å². The van der Waals surface area contributed by atoms with Gasteiger partial charge in [-0.3, -0.25) is 4.79 Å². The highest BCUT2D eigenvalue weighted by atomic mass is 16.5. The summed E-state index contributed by atoms with van der Waals surface area (Å²) in [5.74, 6) is 1.57. The van der Waals surface area contributed by atoms with Crippen LogP contribution in [0.5, 0.6) is 17.2 Å². The van der Waals surface area contributed by atoms with E-state index < -0.39 is 0 Å². The summed E-state index contributed by atoms with van der Waals surface area (Å²) in [6.45, 7) is 6.38. The topological polar surface area (TPSA) is 68.9 Å². The molecule has 0 radical (unpaired) electrons. The molecule has 0 amide bonds. The molecule has 0 aliphatic heterocycles. The van der Waals surface area contributed by atoms with E-state index in [0.29, 0.717) is 52.2 Å². The van der Waals surface area contributed by atoms with Crippen LogP contribution >= 0.6 is 0 Å². The van der Waals surface area contributed by atoms with Crippen LogP contribution in [0.3, 0.4) is 0 Å². The molecular formula is C36H30O5. The van der Waals surface area contributed by atoms with E-state index in [0.717, 1.165) is 33.0 Å². The van der Waals surface area contributed by atoms with Crippen molar-refractivity contribution in [2.24, 2.45) is 0 Å². The Labute approximate surface area is 237 Å². The number of rotatable bonds is 7. The second-order valence-electron chi connectivity index (χ2n) is 10.2. The average Bonchev–Trinajstić information content (AvgIpc) is 2.98. The first-order valence-corrected chi connectivity index (χ1v) is 13.6. The Balaban J connectivity index is 1.58. The third-order valence-electron chi connectivity index (χ3n) is 7.43. The van der Waals surface area contributed by atoms with E-state index in [1.54, 1.807) is 0 Å². The number of hydrogen-bond donors (Lipinski definition) is 1. The van der Waals surface area contributed by atoms with Crippen molar-refractivity contribution in [3.63, 3.8) is 0 Å². The van der Waals surface area contributed by atoms with Crippen LogP contribution < -0.4 is 14.9 Å². The van der Waals surface area contributed by atoms with E-state index in [2.05, 4.69) is 0 Å². The quantitative estimate of drug-likeness (QED) is 0.161. The number of phenolic OH excluding ortho intramolecular Hbond substituents is 1. The summed E-state index contributed by atoms with van der Waals surface area (Å²) in [5, 5.41) is 14.8. The lowest BCUT2D eigenvalue weighted by Crippen LogP contribution is -2.04. The molecule has 0 bridgehead atoms. The van der Waals surface area contributed by atoms with Crippen molar-refractivity contribution in [3.05, 3.63) is 130 Å². The average molecular weight is 543 g/mol. The Kier molecular flexibility index (Phi) is 6.94. The van der Waals surface area contributed by atoms with Gasteiger partial charge in [-0.2, -0.15) is 0 Å². The number of phenols is 1. The van der Waals surface area contributed by atoms with Gasteiger partial charge in [0.25, 0.3) is 0 Å². The fourth-order valence-electron chi connectivity index (χ4n) is 5.19. The normalized spacial score (nSPS) is 11.8. The number of hydrogen-bond acceptors (Lipinski definition) is 5. The maximum Gasteiger partial charge on any atom is 0.193 e. The summed E-state index contributed by atoms with van der Waals surface area (Å²) in [7, 11) is 0. The highest BCUT2D eigenvalue weighted by Crippen LogP contribution is 2.45. The molecule has 0 atom stereocenters. The first-order valence-electron chi connectivity index (χ1n) is 13.6. The number of ether oxygens (including phenoxy) is 2. The number of aryl methyl sites for hydroxylation is 1. The molecule has 0 fully saturated rings. The largest absolute Gasteiger partial charge is 0.506 e. The second-order valence-corrected chi connectivity index (χ2v) is 10.2. The third kappa shape index (κ3) is 5.03. The Bertz CT molecular complexity index is 1990. The Morgan fingerprint density at radius 3 is 2.10 bits per heavy atom. The summed E-state index contributed by atoms with van der Waals surface area (Å²) < 4.78 is 18.8. The van der Waals surface area contributed by atoms with Gasteiger partial charge in [0, 0.05) is 12.1 Å². The molecule has 1 N–H and O–H groups in total.